The van der Waals surface area contributed by atoms with Crippen LogP contribution >= 0.6 is 15.9 Å². The molecule has 0 radical (unpaired) electrons. The van der Waals surface area contributed by atoms with E-state index in [1.165, 1.54) is 32.1 Å². The Morgan fingerprint density at radius 1 is 1.10 bits per heavy atom. The maximum absolute atomic E-state index is 5.99. The van der Waals surface area contributed by atoms with Crippen LogP contribution in [0.2, 0.25) is 0 Å². The molecule has 0 unspecified atom stereocenters. The Morgan fingerprint density at radius 2 is 1.90 bits per heavy atom. The van der Waals surface area contributed by atoms with Crippen LogP contribution in [-0.2, 0) is 11.3 Å². The summed E-state index contributed by atoms with van der Waals surface area (Å²) in [5.41, 5.74) is 1.49. The predicted molar refractivity (Wildman–Crippen MR) is 81.5 cm³/mol. The van der Waals surface area contributed by atoms with Crippen LogP contribution in [0.3, 0.4) is 0 Å². The first kappa shape index (κ1) is 14.2. The maximum Gasteiger partial charge on any atom is 0.231 e. The van der Waals surface area contributed by atoms with Gasteiger partial charge in [-0.2, -0.15) is 0 Å². The second-order valence-electron chi connectivity index (χ2n) is 5.87. The number of rotatable bonds is 5. The molecule has 3 rings (SSSR count). The van der Waals surface area contributed by atoms with Gasteiger partial charge in [0.15, 0.2) is 11.5 Å². The van der Waals surface area contributed by atoms with Gasteiger partial charge < -0.3 is 14.2 Å². The number of fused-ring (bicyclic) bond motifs is 1. The Balaban J connectivity index is 1.54. The van der Waals surface area contributed by atoms with Crippen molar-refractivity contribution in [1.29, 1.82) is 0 Å². The fraction of sp³-hybridized carbons (Fsp3) is 0.625. The van der Waals surface area contributed by atoms with Crippen molar-refractivity contribution in [1.82, 2.24) is 0 Å². The topological polar surface area (TPSA) is 27.7 Å². The number of alkyl halides is 1. The first-order chi connectivity index (χ1) is 9.81. The Kier molecular flexibility index (Phi) is 4.51. The van der Waals surface area contributed by atoms with Gasteiger partial charge in [-0.25, -0.2) is 0 Å². The third-order valence-electron chi connectivity index (χ3n) is 4.31. The summed E-state index contributed by atoms with van der Waals surface area (Å²) in [5, 5.41) is 1.04. The summed E-state index contributed by atoms with van der Waals surface area (Å²) >= 11 is 3.68. The Labute approximate surface area is 128 Å². The minimum Gasteiger partial charge on any atom is -0.454 e. The second kappa shape index (κ2) is 6.35. The van der Waals surface area contributed by atoms with Gasteiger partial charge in [0.05, 0.1) is 13.2 Å². The molecule has 1 aliphatic carbocycles. The van der Waals surface area contributed by atoms with E-state index in [1.54, 1.807) is 0 Å². The average molecular weight is 341 g/mol. The number of ether oxygens (including phenoxy) is 3. The van der Waals surface area contributed by atoms with E-state index in [1.807, 2.05) is 12.1 Å². The van der Waals surface area contributed by atoms with Crippen molar-refractivity contribution in [2.24, 2.45) is 5.41 Å². The quantitative estimate of drug-likeness (QED) is 0.749. The maximum atomic E-state index is 5.99. The van der Waals surface area contributed by atoms with Gasteiger partial charge in [-0.15, -0.1) is 0 Å². The fourth-order valence-electron chi connectivity index (χ4n) is 3.03. The van der Waals surface area contributed by atoms with Crippen LogP contribution in [0.5, 0.6) is 11.5 Å². The first-order valence-electron chi connectivity index (χ1n) is 7.34. The number of benzene rings is 1. The molecule has 20 heavy (non-hydrogen) atoms. The van der Waals surface area contributed by atoms with Crippen molar-refractivity contribution >= 4 is 15.9 Å². The highest BCUT2D eigenvalue weighted by Crippen LogP contribution is 2.38. The van der Waals surface area contributed by atoms with Gasteiger partial charge in [-0.3, -0.25) is 0 Å². The molecule has 0 saturated heterocycles. The SMILES string of the molecule is BrCC1(COCc2ccc3c(c2)OCO3)CCCCC1. The summed E-state index contributed by atoms with van der Waals surface area (Å²) < 4.78 is 16.7. The van der Waals surface area contributed by atoms with Crippen LogP contribution in [0.15, 0.2) is 18.2 Å². The van der Waals surface area contributed by atoms with Crippen LogP contribution in [-0.4, -0.2) is 18.7 Å². The highest BCUT2D eigenvalue weighted by Gasteiger charge is 2.31. The van der Waals surface area contributed by atoms with Gasteiger partial charge in [-0.05, 0) is 30.5 Å². The van der Waals surface area contributed by atoms with E-state index < -0.39 is 0 Å². The van der Waals surface area contributed by atoms with Crippen molar-refractivity contribution in [2.75, 3.05) is 18.7 Å². The second-order valence-corrected chi connectivity index (χ2v) is 6.44. The van der Waals surface area contributed by atoms with Crippen molar-refractivity contribution in [3.05, 3.63) is 23.8 Å². The molecular formula is C16H21BrO3. The molecule has 1 fully saturated rings. The molecule has 110 valence electrons. The zero-order chi connectivity index (χ0) is 13.8. The van der Waals surface area contributed by atoms with Crippen LogP contribution in [0.4, 0.5) is 0 Å². The number of hydrogen-bond acceptors (Lipinski definition) is 3. The van der Waals surface area contributed by atoms with Gasteiger partial charge in [0, 0.05) is 10.7 Å². The van der Waals surface area contributed by atoms with Crippen LogP contribution in [0.1, 0.15) is 37.7 Å². The van der Waals surface area contributed by atoms with Crippen molar-refractivity contribution in [3.8, 4) is 11.5 Å². The third-order valence-corrected chi connectivity index (χ3v) is 5.50. The van der Waals surface area contributed by atoms with Crippen LogP contribution in [0, 0.1) is 5.41 Å². The van der Waals surface area contributed by atoms with Crippen molar-refractivity contribution < 1.29 is 14.2 Å². The zero-order valence-corrected chi connectivity index (χ0v) is 13.3. The standard InChI is InChI=1S/C16H21BrO3/c17-10-16(6-2-1-3-7-16)11-18-9-13-4-5-14-15(8-13)20-12-19-14/h4-5,8H,1-3,6-7,9-12H2. The smallest absolute Gasteiger partial charge is 0.231 e. The normalized spacial score (nSPS) is 20.1. The predicted octanol–water partition coefficient (Wildman–Crippen LogP) is 4.28. The number of hydrogen-bond donors (Lipinski definition) is 0. The minimum atomic E-state index is 0.326. The summed E-state index contributed by atoms with van der Waals surface area (Å²) in [5.74, 6) is 1.66. The molecule has 0 N–H and O–H groups in total. The van der Waals surface area contributed by atoms with Gasteiger partial charge in [0.2, 0.25) is 6.79 Å². The minimum absolute atomic E-state index is 0.326. The summed E-state index contributed by atoms with van der Waals surface area (Å²) in [7, 11) is 0. The third kappa shape index (κ3) is 3.12. The molecule has 1 heterocycles. The molecule has 0 aromatic heterocycles. The molecule has 1 aromatic carbocycles. The van der Waals surface area contributed by atoms with Gasteiger partial charge in [0.25, 0.3) is 0 Å². The molecule has 1 aromatic rings. The summed E-state index contributed by atoms with van der Waals surface area (Å²) in [6, 6.07) is 6.03. The molecule has 0 spiro atoms. The van der Waals surface area contributed by atoms with Crippen LogP contribution < -0.4 is 9.47 Å². The number of halogens is 1. The van der Waals surface area contributed by atoms with Gasteiger partial charge in [0.1, 0.15) is 0 Å². The Hall–Kier alpha value is -0.740. The van der Waals surface area contributed by atoms with E-state index in [4.69, 9.17) is 14.2 Å². The molecule has 0 bridgehead atoms. The zero-order valence-electron chi connectivity index (χ0n) is 11.7. The monoisotopic (exact) mass is 340 g/mol. The molecule has 0 atom stereocenters. The molecule has 0 amide bonds. The van der Waals surface area contributed by atoms with Crippen LogP contribution in [0.25, 0.3) is 0 Å². The summed E-state index contributed by atoms with van der Waals surface area (Å²) in [6.45, 7) is 1.81. The van der Waals surface area contributed by atoms with E-state index in [0.717, 1.165) is 29.0 Å². The molecule has 1 saturated carbocycles. The molecule has 4 heteroatoms. The van der Waals surface area contributed by atoms with Gasteiger partial charge in [-0.1, -0.05) is 41.3 Å². The lowest BCUT2D eigenvalue weighted by Crippen LogP contribution is -2.31. The lowest BCUT2D eigenvalue weighted by molar-refractivity contribution is 0.0256. The van der Waals surface area contributed by atoms with E-state index in [9.17, 15) is 0 Å². The largest absolute Gasteiger partial charge is 0.454 e. The van der Waals surface area contributed by atoms with Crippen molar-refractivity contribution in [3.63, 3.8) is 0 Å². The average Bonchev–Trinajstić information content (AvgIpc) is 2.96. The molecule has 1 aliphatic heterocycles. The summed E-state index contributed by atoms with van der Waals surface area (Å²) in [4.78, 5) is 0. The molecule has 3 nitrogen and oxygen atoms in total. The lowest BCUT2D eigenvalue weighted by Gasteiger charge is -2.35. The first-order valence-corrected chi connectivity index (χ1v) is 8.46. The van der Waals surface area contributed by atoms with Gasteiger partial charge >= 0.3 is 0 Å². The summed E-state index contributed by atoms with van der Waals surface area (Å²) in [6.07, 6.45) is 6.59. The Morgan fingerprint density at radius 3 is 2.70 bits per heavy atom. The molecular weight excluding hydrogens is 320 g/mol. The fourth-order valence-corrected chi connectivity index (χ4v) is 3.76. The van der Waals surface area contributed by atoms with Crippen molar-refractivity contribution in [2.45, 2.75) is 38.7 Å². The molecule has 2 aliphatic rings. The van der Waals surface area contributed by atoms with E-state index in [2.05, 4.69) is 22.0 Å². The highest BCUT2D eigenvalue weighted by molar-refractivity contribution is 9.09. The Bertz CT molecular complexity index is 455. The highest BCUT2D eigenvalue weighted by atomic mass is 79.9. The van der Waals surface area contributed by atoms with E-state index >= 15 is 0 Å². The van der Waals surface area contributed by atoms with E-state index in [0.29, 0.717) is 18.8 Å². The lowest BCUT2D eigenvalue weighted by atomic mass is 9.76. The van der Waals surface area contributed by atoms with E-state index in [-0.39, 0.29) is 0 Å².